The molecule has 0 aliphatic carbocycles. The molecule has 160 valence electrons. The Hall–Kier alpha value is -2.84. The summed E-state index contributed by atoms with van der Waals surface area (Å²) >= 11 is 5.30. The second-order valence-corrected chi connectivity index (χ2v) is 7.39. The van der Waals surface area contributed by atoms with Gasteiger partial charge < -0.3 is 24.6 Å². The van der Waals surface area contributed by atoms with Crippen molar-refractivity contribution in [2.45, 2.75) is 6.92 Å². The number of hydrogen-bond acceptors (Lipinski definition) is 6. The molecular formula is C22H28N4O3S. The van der Waals surface area contributed by atoms with E-state index in [9.17, 15) is 4.79 Å². The van der Waals surface area contributed by atoms with Crippen LogP contribution in [-0.4, -0.2) is 62.9 Å². The summed E-state index contributed by atoms with van der Waals surface area (Å²) in [6, 6.07) is 13.0. The van der Waals surface area contributed by atoms with Gasteiger partial charge in [0.05, 0.1) is 14.2 Å². The van der Waals surface area contributed by atoms with Crippen molar-refractivity contribution in [3.63, 3.8) is 0 Å². The quantitative estimate of drug-likeness (QED) is 0.686. The van der Waals surface area contributed by atoms with Crippen molar-refractivity contribution in [2.24, 2.45) is 0 Å². The van der Waals surface area contributed by atoms with Crippen molar-refractivity contribution in [2.75, 3.05) is 57.2 Å². The van der Waals surface area contributed by atoms with Crippen molar-refractivity contribution in [1.82, 2.24) is 10.2 Å². The van der Waals surface area contributed by atoms with Gasteiger partial charge in [0.15, 0.2) is 5.11 Å². The van der Waals surface area contributed by atoms with E-state index in [4.69, 9.17) is 21.7 Å². The molecule has 30 heavy (non-hydrogen) atoms. The van der Waals surface area contributed by atoms with Gasteiger partial charge in [-0.1, -0.05) is 6.92 Å². The third kappa shape index (κ3) is 5.61. The van der Waals surface area contributed by atoms with Crippen LogP contribution in [0.15, 0.2) is 42.5 Å². The first-order valence-corrected chi connectivity index (χ1v) is 10.4. The SMILES string of the molecule is CCN1CCN(c2ccc(NC(=S)NC(=O)c3cc(OC)cc(OC)c3)cc2)CC1. The van der Waals surface area contributed by atoms with Gasteiger partial charge in [-0.2, -0.15) is 0 Å². The van der Waals surface area contributed by atoms with Crippen molar-refractivity contribution < 1.29 is 14.3 Å². The van der Waals surface area contributed by atoms with Crippen LogP contribution in [0.1, 0.15) is 17.3 Å². The first-order chi connectivity index (χ1) is 14.5. The zero-order chi connectivity index (χ0) is 21.5. The van der Waals surface area contributed by atoms with Crippen LogP contribution in [0.25, 0.3) is 0 Å². The summed E-state index contributed by atoms with van der Waals surface area (Å²) < 4.78 is 10.4. The van der Waals surface area contributed by atoms with E-state index in [0.29, 0.717) is 17.1 Å². The van der Waals surface area contributed by atoms with Crippen molar-refractivity contribution in [1.29, 1.82) is 0 Å². The maximum absolute atomic E-state index is 12.5. The van der Waals surface area contributed by atoms with Crippen LogP contribution < -0.4 is 25.0 Å². The Morgan fingerprint density at radius 2 is 1.60 bits per heavy atom. The Bertz CT molecular complexity index is 858. The number of thiocarbonyl (C=S) groups is 1. The number of methoxy groups -OCH3 is 2. The van der Waals surface area contributed by atoms with Gasteiger partial charge in [-0.3, -0.25) is 10.1 Å². The lowest BCUT2D eigenvalue weighted by atomic mass is 10.2. The molecule has 1 aliphatic rings. The lowest BCUT2D eigenvalue weighted by Crippen LogP contribution is -2.46. The summed E-state index contributed by atoms with van der Waals surface area (Å²) in [5.41, 5.74) is 2.41. The van der Waals surface area contributed by atoms with Crippen LogP contribution >= 0.6 is 12.2 Å². The molecule has 1 amide bonds. The fourth-order valence-electron chi connectivity index (χ4n) is 3.35. The zero-order valence-corrected chi connectivity index (χ0v) is 18.4. The highest BCUT2D eigenvalue weighted by molar-refractivity contribution is 7.80. The summed E-state index contributed by atoms with van der Waals surface area (Å²) in [5.74, 6) is 0.734. The molecule has 3 rings (SSSR count). The first-order valence-electron chi connectivity index (χ1n) is 9.95. The lowest BCUT2D eigenvalue weighted by Gasteiger charge is -2.35. The fourth-order valence-corrected chi connectivity index (χ4v) is 3.56. The summed E-state index contributed by atoms with van der Waals surface area (Å²) in [6.07, 6.45) is 0. The standard InChI is InChI=1S/C22H28N4O3S/c1-4-25-9-11-26(12-10-25)18-7-5-17(6-8-18)23-22(30)24-21(27)16-13-19(28-2)15-20(14-16)29-3/h5-8,13-15H,4,9-12H2,1-3H3,(H2,23,24,27,30). The molecule has 2 aromatic rings. The molecule has 0 saturated carbocycles. The van der Waals surface area contributed by atoms with Gasteiger partial charge in [-0.05, 0) is 55.2 Å². The van der Waals surface area contributed by atoms with Crippen LogP contribution in [0.3, 0.4) is 0 Å². The second kappa shape index (κ2) is 10.3. The van der Waals surface area contributed by atoms with Gasteiger partial charge in [-0.15, -0.1) is 0 Å². The smallest absolute Gasteiger partial charge is 0.257 e. The summed E-state index contributed by atoms with van der Waals surface area (Å²) in [5, 5.41) is 5.98. The van der Waals surface area contributed by atoms with Crippen LogP contribution in [0, 0.1) is 0 Å². The normalized spacial score (nSPS) is 14.2. The predicted octanol–water partition coefficient (Wildman–Crippen LogP) is 2.97. The summed E-state index contributed by atoms with van der Waals surface area (Å²) in [7, 11) is 3.08. The van der Waals surface area contributed by atoms with Crippen LogP contribution in [0.2, 0.25) is 0 Å². The third-order valence-electron chi connectivity index (χ3n) is 5.15. The Kier molecular flexibility index (Phi) is 7.48. The number of amides is 1. The fraction of sp³-hybridized carbons (Fsp3) is 0.364. The minimum Gasteiger partial charge on any atom is -0.497 e. The van der Waals surface area contributed by atoms with E-state index in [1.165, 1.54) is 19.9 Å². The molecule has 0 unspecified atom stereocenters. The summed E-state index contributed by atoms with van der Waals surface area (Å²) in [6.45, 7) is 7.52. The van der Waals surface area contributed by atoms with Gasteiger partial charge in [-0.25, -0.2) is 0 Å². The van der Waals surface area contributed by atoms with E-state index < -0.39 is 0 Å². The molecule has 0 aromatic heterocycles. The van der Waals surface area contributed by atoms with E-state index in [-0.39, 0.29) is 11.0 Å². The molecule has 8 heteroatoms. The van der Waals surface area contributed by atoms with Gasteiger partial charge in [0.1, 0.15) is 11.5 Å². The maximum atomic E-state index is 12.5. The number of nitrogens with one attached hydrogen (secondary N) is 2. The average Bonchev–Trinajstić information content (AvgIpc) is 2.79. The number of nitrogens with zero attached hydrogens (tertiary/aromatic N) is 2. The van der Waals surface area contributed by atoms with Crippen LogP contribution in [-0.2, 0) is 0 Å². The average molecular weight is 429 g/mol. The highest BCUT2D eigenvalue weighted by Gasteiger charge is 2.16. The monoisotopic (exact) mass is 428 g/mol. The predicted molar refractivity (Wildman–Crippen MR) is 124 cm³/mol. The summed E-state index contributed by atoms with van der Waals surface area (Å²) in [4.78, 5) is 17.4. The van der Waals surface area contributed by atoms with Crippen LogP contribution in [0.4, 0.5) is 11.4 Å². The number of anilines is 2. The number of rotatable bonds is 6. The molecule has 1 aliphatic heterocycles. The van der Waals surface area contributed by atoms with E-state index in [1.807, 2.05) is 12.1 Å². The number of hydrogen-bond donors (Lipinski definition) is 2. The van der Waals surface area contributed by atoms with Crippen molar-refractivity contribution in [3.8, 4) is 11.5 Å². The van der Waals surface area contributed by atoms with Crippen molar-refractivity contribution in [3.05, 3.63) is 48.0 Å². The second-order valence-electron chi connectivity index (χ2n) is 6.98. The Morgan fingerprint density at radius 1 is 1.00 bits per heavy atom. The number of piperazine rings is 1. The molecule has 0 spiro atoms. The van der Waals surface area contributed by atoms with Gasteiger partial charge in [0.2, 0.25) is 0 Å². The maximum Gasteiger partial charge on any atom is 0.257 e. The Morgan fingerprint density at radius 3 is 2.13 bits per heavy atom. The number of carbonyl (C=O) groups is 1. The van der Waals surface area contributed by atoms with E-state index in [2.05, 4.69) is 39.5 Å². The molecule has 0 bridgehead atoms. The van der Waals surface area contributed by atoms with E-state index in [0.717, 1.165) is 38.4 Å². The van der Waals surface area contributed by atoms with Crippen LogP contribution in [0.5, 0.6) is 11.5 Å². The van der Waals surface area contributed by atoms with E-state index >= 15 is 0 Å². The van der Waals surface area contributed by atoms with Crippen molar-refractivity contribution >= 4 is 34.6 Å². The molecule has 0 radical (unpaired) electrons. The minimum atomic E-state index is -0.338. The molecule has 0 atom stereocenters. The largest absolute Gasteiger partial charge is 0.497 e. The first kappa shape index (κ1) is 21.9. The Balaban J connectivity index is 1.56. The van der Waals surface area contributed by atoms with Gasteiger partial charge >= 0.3 is 0 Å². The van der Waals surface area contributed by atoms with E-state index in [1.54, 1.807) is 18.2 Å². The minimum absolute atomic E-state index is 0.228. The zero-order valence-electron chi connectivity index (χ0n) is 17.6. The molecular weight excluding hydrogens is 400 g/mol. The lowest BCUT2D eigenvalue weighted by molar-refractivity contribution is 0.0977. The molecule has 1 fully saturated rings. The number of ether oxygens (including phenoxy) is 2. The molecule has 7 nitrogen and oxygen atoms in total. The Labute approximate surface area is 182 Å². The molecule has 1 saturated heterocycles. The number of benzene rings is 2. The number of likely N-dealkylation sites (N-methyl/N-ethyl adjacent to an activating group) is 1. The van der Waals surface area contributed by atoms with Gasteiger partial charge in [0, 0.05) is 49.2 Å². The highest BCUT2D eigenvalue weighted by atomic mass is 32.1. The topological polar surface area (TPSA) is 66.1 Å². The van der Waals surface area contributed by atoms with Gasteiger partial charge in [0.25, 0.3) is 5.91 Å². The molecule has 2 N–H and O–H groups in total. The molecule has 2 aromatic carbocycles. The molecule has 1 heterocycles. The number of carbonyl (C=O) groups excluding carboxylic acids is 1. The highest BCUT2D eigenvalue weighted by Crippen LogP contribution is 2.23. The third-order valence-corrected chi connectivity index (χ3v) is 5.35.